The molecule has 0 saturated heterocycles. The van der Waals surface area contributed by atoms with Gasteiger partial charge in [0, 0.05) is 17.4 Å². The average Bonchev–Trinajstić information content (AvgIpc) is 2.67. The number of aryl methyl sites for hydroxylation is 2. The Hall–Kier alpha value is -1.14. The van der Waals surface area contributed by atoms with E-state index in [4.69, 9.17) is 4.42 Å². The molecule has 3 N–H and O–H groups in total. The fourth-order valence-corrected chi connectivity index (χ4v) is 2.66. The third-order valence-electron chi connectivity index (χ3n) is 3.01. The van der Waals surface area contributed by atoms with Gasteiger partial charge in [-0.1, -0.05) is 0 Å². The van der Waals surface area contributed by atoms with Crippen LogP contribution in [0.25, 0.3) is 0 Å². The van der Waals surface area contributed by atoms with Crippen LogP contribution in [0.3, 0.4) is 0 Å². The van der Waals surface area contributed by atoms with Crippen molar-refractivity contribution in [3.05, 3.63) is 23.2 Å². The molecule has 0 fully saturated rings. The Bertz CT molecular complexity index is 457. The maximum atomic E-state index is 11.7. The van der Waals surface area contributed by atoms with E-state index in [1.165, 1.54) is 0 Å². The third-order valence-corrected chi connectivity index (χ3v) is 3.84. The van der Waals surface area contributed by atoms with Crippen LogP contribution in [0.5, 0.6) is 0 Å². The molecular formula is C14H24N2O3S. The number of amides is 2. The molecule has 0 spiro atoms. The van der Waals surface area contributed by atoms with E-state index in [1.807, 2.05) is 20.1 Å². The standard InChI is InChI=1S/C14H24N2O3S/c1-9(7-20-5)16-13(17)15-8-14(4,18)12-6-10(2)19-11(12)3/h6,9,18H,7-8H2,1-5H3,(H2,15,16,17). The van der Waals surface area contributed by atoms with E-state index >= 15 is 0 Å². The molecule has 6 heteroatoms. The van der Waals surface area contributed by atoms with Gasteiger partial charge in [0.2, 0.25) is 0 Å². The van der Waals surface area contributed by atoms with E-state index in [2.05, 4.69) is 10.6 Å². The van der Waals surface area contributed by atoms with Gasteiger partial charge >= 0.3 is 6.03 Å². The second-order valence-electron chi connectivity index (χ2n) is 5.28. The predicted molar refractivity (Wildman–Crippen MR) is 82.1 cm³/mol. The van der Waals surface area contributed by atoms with Gasteiger partial charge in [-0.2, -0.15) is 11.8 Å². The molecule has 0 saturated carbocycles. The summed E-state index contributed by atoms with van der Waals surface area (Å²) in [5.74, 6) is 2.27. The quantitative estimate of drug-likeness (QED) is 0.752. The van der Waals surface area contributed by atoms with E-state index < -0.39 is 5.60 Å². The highest BCUT2D eigenvalue weighted by Crippen LogP contribution is 2.26. The molecule has 1 heterocycles. The molecule has 114 valence electrons. The van der Waals surface area contributed by atoms with Crippen molar-refractivity contribution in [3.63, 3.8) is 0 Å². The lowest BCUT2D eigenvalue weighted by Gasteiger charge is -2.24. The molecular weight excluding hydrogens is 276 g/mol. The largest absolute Gasteiger partial charge is 0.466 e. The molecule has 0 bridgehead atoms. The van der Waals surface area contributed by atoms with Crippen molar-refractivity contribution in [1.29, 1.82) is 0 Å². The first-order valence-corrected chi connectivity index (χ1v) is 7.99. The van der Waals surface area contributed by atoms with Gasteiger partial charge in [-0.15, -0.1) is 0 Å². The highest BCUT2D eigenvalue weighted by atomic mass is 32.2. The lowest BCUT2D eigenvalue weighted by molar-refractivity contribution is 0.0578. The number of rotatable bonds is 6. The van der Waals surface area contributed by atoms with Crippen LogP contribution in [-0.2, 0) is 5.60 Å². The molecule has 20 heavy (non-hydrogen) atoms. The monoisotopic (exact) mass is 300 g/mol. The zero-order valence-electron chi connectivity index (χ0n) is 12.7. The van der Waals surface area contributed by atoms with E-state index in [-0.39, 0.29) is 18.6 Å². The minimum atomic E-state index is -1.15. The summed E-state index contributed by atoms with van der Waals surface area (Å²) in [5.41, 5.74) is -0.450. The Kier molecular flexibility index (Phi) is 5.95. The minimum Gasteiger partial charge on any atom is -0.466 e. The predicted octanol–water partition coefficient (Wildman–Crippen LogP) is 2.15. The first kappa shape index (κ1) is 16.9. The van der Waals surface area contributed by atoms with Crippen LogP contribution in [0.15, 0.2) is 10.5 Å². The molecule has 1 aromatic rings. The van der Waals surface area contributed by atoms with Crippen molar-refractivity contribution >= 4 is 17.8 Å². The summed E-state index contributed by atoms with van der Waals surface area (Å²) in [7, 11) is 0. The Balaban J connectivity index is 2.55. The number of hydrogen-bond acceptors (Lipinski definition) is 4. The number of urea groups is 1. The van der Waals surface area contributed by atoms with Crippen LogP contribution in [0.2, 0.25) is 0 Å². The van der Waals surface area contributed by atoms with Gasteiger partial charge in [0.05, 0.1) is 6.54 Å². The SMILES string of the molecule is CSCC(C)NC(=O)NCC(C)(O)c1cc(C)oc1C. The van der Waals surface area contributed by atoms with Crippen molar-refractivity contribution < 1.29 is 14.3 Å². The van der Waals surface area contributed by atoms with Crippen LogP contribution in [0, 0.1) is 13.8 Å². The number of hydrogen-bond donors (Lipinski definition) is 3. The fourth-order valence-electron chi connectivity index (χ4n) is 2.08. The summed E-state index contributed by atoms with van der Waals surface area (Å²) < 4.78 is 5.41. The minimum absolute atomic E-state index is 0.0906. The lowest BCUT2D eigenvalue weighted by Crippen LogP contribution is -2.46. The molecule has 1 rings (SSSR count). The first-order valence-electron chi connectivity index (χ1n) is 6.59. The third kappa shape index (κ3) is 4.76. The van der Waals surface area contributed by atoms with Crippen LogP contribution in [0.4, 0.5) is 4.79 Å². The van der Waals surface area contributed by atoms with Crippen molar-refractivity contribution in [1.82, 2.24) is 10.6 Å². The van der Waals surface area contributed by atoms with Gasteiger partial charge in [0.25, 0.3) is 0 Å². The number of nitrogens with one attached hydrogen (secondary N) is 2. The van der Waals surface area contributed by atoms with E-state index in [9.17, 15) is 9.90 Å². The van der Waals surface area contributed by atoms with Crippen molar-refractivity contribution in [3.8, 4) is 0 Å². The average molecular weight is 300 g/mol. The van der Waals surface area contributed by atoms with Crippen molar-refractivity contribution in [2.24, 2.45) is 0 Å². The summed E-state index contributed by atoms with van der Waals surface area (Å²) in [6, 6.07) is 1.61. The van der Waals surface area contributed by atoms with Crippen LogP contribution in [0.1, 0.15) is 30.9 Å². The highest BCUT2D eigenvalue weighted by molar-refractivity contribution is 7.98. The lowest BCUT2D eigenvalue weighted by atomic mass is 9.96. The Morgan fingerprint density at radius 2 is 2.20 bits per heavy atom. The smallest absolute Gasteiger partial charge is 0.315 e. The van der Waals surface area contributed by atoms with Crippen LogP contribution in [-0.4, -0.2) is 35.7 Å². The summed E-state index contributed by atoms with van der Waals surface area (Å²) in [5, 5.41) is 16.0. The Morgan fingerprint density at radius 1 is 1.55 bits per heavy atom. The molecule has 2 unspecified atom stereocenters. The number of aliphatic hydroxyl groups is 1. The Morgan fingerprint density at radius 3 is 2.70 bits per heavy atom. The van der Waals surface area contributed by atoms with E-state index in [0.29, 0.717) is 11.3 Å². The normalized spacial score (nSPS) is 15.5. The molecule has 0 radical (unpaired) electrons. The second-order valence-corrected chi connectivity index (χ2v) is 6.19. The highest BCUT2D eigenvalue weighted by Gasteiger charge is 2.28. The number of carbonyl (C=O) groups excluding carboxylic acids is 1. The zero-order valence-corrected chi connectivity index (χ0v) is 13.6. The fraction of sp³-hybridized carbons (Fsp3) is 0.643. The van der Waals surface area contributed by atoms with Crippen molar-refractivity contribution in [2.45, 2.75) is 39.3 Å². The van der Waals surface area contributed by atoms with E-state index in [0.717, 1.165) is 11.5 Å². The van der Waals surface area contributed by atoms with Gasteiger partial charge in [-0.3, -0.25) is 0 Å². The molecule has 0 aromatic carbocycles. The topological polar surface area (TPSA) is 74.5 Å². The molecule has 2 amide bonds. The summed E-state index contributed by atoms with van der Waals surface area (Å²) in [6.07, 6.45) is 1.99. The number of carbonyl (C=O) groups is 1. The maximum absolute atomic E-state index is 11.7. The first-order chi connectivity index (χ1) is 9.26. The molecule has 5 nitrogen and oxygen atoms in total. The molecule has 1 aromatic heterocycles. The molecule has 0 aliphatic rings. The van der Waals surface area contributed by atoms with E-state index in [1.54, 1.807) is 31.7 Å². The van der Waals surface area contributed by atoms with Gasteiger partial charge in [0.15, 0.2) is 0 Å². The van der Waals surface area contributed by atoms with Gasteiger partial charge in [-0.25, -0.2) is 4.79 Å². The summed E-state index contributed by atoms with van der Waals surface area (Å²) in [6.45, 7) is 7.37. The Labute approximate surface area is 124 Å². The van der Waals surface area contributed by atoms with Crippen LogP contribution >= 0.6 is 11.8 Å². The van der Waals surface area contributed by atoms with Gasteiger partial charge < -0.3 is 20.2 Å². The second kappa shape index (κ2) is 7.04. The number of furan rings is 1. The molecule has 0 aliphatic heterocycles. The van der Waals surface area contributed by atoms with Gasteiger partial charge in [-0.05, 0) is 40.0 Å². The zero-order chi connectivity index (χ0) is 15.3. The van der Waals surface area contributed by atoms with Crippen molar-refractivity contribution in [2.75, 3.05) is 18.6 Å². The molecule has 2 atom stereocenters. The number of thioether (sulfide) groups is 1. The maximum Gasteiger partial charge on any atom is 0.315 e. The summed E-state index contributed by atoms with van der Waals surface area (Å²) >= 11 is 1.67. The van der Waals surface area contributed by atoms with Crippen LogP contribution < -0.4 is 10.6 Å². The molecule has 0 aliphatic carbocycles. The summed E-state index contributed by atoms with van der Waals surface area (Å²) in [4.78, 5) is 11.7. The van der Waals surface area contributed by atoms with Gasteiger partial charge in [0.1, 0.15) is 17.1 Å².